The minimum Gasteiger partial charge on any atom is -0.466 e. The van der Waals surface area contributed by atoms with Gasteiger partial charge in [0.15, 0.2) is 0 Å². The maximum absolute atomic E-state index is 11.5. The minimum atomic E-state index is -0.681. The fourth-order valence-corrected chi connectivity index (χ4v) is 1.65. The van der Waals surface area contributed by atoms with Gasteiger partial charge in [-0.05, 0) is 19.1 Å². The highest BCUT2D eigenvalue weighted by molar-refractivity contribution is 9.10. The number of rotatable bonds is 5. The number of carbonyl (C=O) groups is 2. The molecule has 102 valence electrons. The number of halogens is 1. The van der Waals surface area contributed by atoms with E-state index in [-0.39, 0.29) is 18.0 Å². The van der Waals surface area contributed by atoms with Crippen LogP contribution in [0.15, 0.2) is 22.7 Å². The first-order valence-electron chi connectivity index (χ1n) is 5.33. The molecule has 0 aromatic heterocycles. The summed E-state index contributed by atoms with van der Waals surface area (Å²) in [6.07, 6.45) is -0.485. The molecule has 8 heteroatoms. The molecule has 0 unspecified atom stereocenters. The van der Waals surface area contributed by atoms with E-state index >= 15 is 0 Å². The van der Waals surface area contributed by atoms with E-state index in [4.69, 9.17) is 0 Å². The van der Waals surface area contributed by atoms with Crippen molar-refractivity contribution in [2.75, 3.05) is 11.9 Å². The third kappa shape index (κ3) is 4.66. The van der Waals surface area contributed by atoms with Crippen LogP contribution in [-0.2, 0) is 14.3 Å². The van der Waals surface area contributed by atoms with Crippen molar-refractivity contribution in [3.8, 4) is 0 Å². The Hall–Kier alpha value is -1.96. The van der Waals surface area contributed by atoms with Crippen molar-refractivity contribution in [3.63, 3.8) is 0 Å². The number of benzene rings is 1. The lowest BCUT2D eigenvalue weighted by Crippen LogP contribution is -2.18. The number of anilines is 1. The summed E-state index contributed by atoms with van der Waals surface area (Å²) in [6.45, 7) is 1.79. The average molecular weight is 331 g/mol. The molecule has 0 spiro atoms. The Morgan fingerprint density at radius 2 is 2.16 bits per heavy atom. The summed E-state index contributed by atoms with van der Waals surface area (Å²) in [7, 11) is 0. The highest BCUT2D eigenvalue weighted by Gasteiger charge is 2.18. The van der Waals surface area contributed by atoms with Crippen LogP contribution in [0.3, 0.4) is 0 Å². The first kappa shape index (κ1) is 15.1. The van der Waals surface area contributed by atoms with Crippen molar-refractivity contribution in [1.29, 1.82) is 0 Å². The van der Waals surface area contributed by atoms with Crippen molar-refractivity contribution in [2.24, 2.45) is 0 Å². The molecule has 0 heterocycles. The minimum absolute atomic E-state index is 0.0301. The van der Waals surface area contributed by atoms with Crippen LogP contribution in [0.25, 0.3) is 0 Å². The number of esters is 1. The van der Waals surface area contributed by atoms with Gasteiger partial charge in [0.25, 0.3) is 5.69 Å². The lowest BCUT2D eigenvalue weighted by atomic mass is 10.2. The van der Waals surface area contributed by atoms with Crippen molar-refractivity contribution in [2.45, 2.75) is 13.3 Å². The zero-order valence-corrected chi connectivity index (χ0v) is 11.6. The number of amides is 1. The normalized spacial score (nSPS) is 9.79. The number of nitro groups is 1. The molecule has 0 aliphatic rings. The van der Waals surface area contributed by atoms with Crippen molar-refractivity contribution in [1.82, 2.24) is 0 Å². The van der Waals surface area contributed by atoms with Crippen LogP contribution >= 0.6 is 15.9 Å². The summed E-state index contributed by atoms with van der Waals surface area (Å²) in [5.41, 5.74) is -0.228. The molecule has 0 fully saturated rings. The number of nitrogens with zero attached hydrogens (tertiary/aromatic N) is 1. The van der Waals surface area contributed by atoms with Gasteiger partial charge in [0, 0.05) is 10.5 Å². The Bertz CT molecular complexity index is 518. The van der Waals surface area contributed by atoms with Crippen molar-refractivity contribution < 1.29 is 19.2 Å². The van der Waals surface area contributed by atoms with Crippen LogP contribution in [0.4, 0.5) is 11.4 Å². The molecule has 1 N–H and O–H groups in total. The fourth-order valence-electron chi connectivity index (χ4n) is 1.30. The van der Waals surface area contributed by atoms with Gasteiger partial charge in [-0.15, -0.1) is 0 Å². The van der Waals surface area contributed by atoms with Crippen LogP contribution in [0, 0.1) is 10.1 Å². The van der Waals surface area contributed by atoms with E-state index in [2.05, 4.69) is 26.0 Å². The van der Waals surface area contributed by atoms with Gasteiger partial charge >= 0.3 is 5.97 Å². The van der Waals surface area contributed by atoms with Gasteiger partial charge in [-0.3, -0.25) is 19.7 Å². The Kier molecular flexibility index (Phi) is 5.43. The molecule has 1 rings (SSSR count). The number of hydrogen-bond acceptors (Lipinski definition) is 5. The van der Waals surface area contributed by atoms with Crippen LogP contribution in [-0.4, -0.2) is 23.4 Å². The van der Waals surface area contributed by atoms with Crippen LogP contribution in [0.1, 0.15) is 13.3 Å². The Morgan fingerprint density at radius 3 is 2.74 bits per heavy atom. The summed E-state index contributed by atoms with van der Waals surface area (Å²) in [4.78, 5) is 32.8. The first-order chi connectivity index (χ1) is 8.93. The Balaban J connectivity index is 2.79. The third-order valence-electron chi connectivity index (χ3n) is 2.04. The molecule has 1 aromatic carbocycles. The molecular formula is C11H11BrN2O5. The number of hydrogen-bond donors (Lipinski definition) is 1. The molecule has 0 radical (unpaired) electrons. The van der Waals surface area contributed by atoms with E-state index < -0.39 is 23.2 Å². The largest absolute Gasteiger partial charge is 0.466 e. The van der Waals surface area contributed by atoms with Gasteiger partial charge in [0.2, 0.25) is 5.91 Å². The summed E-state index contributed by atoms with van der Waals surface area (Å²) < 4.78 is 5.12. The van der Waals surface area contributed by atoms with E-state index in [0.717, 1.165) is 0 Å². The molecular weight excluding hydrogens is 320 g/mol. The van der Waals surface area contributed by atoms with Crippen LogP contribution in [0.2, 0.25) is 0 Å². The summed E-state index contributed by atoms with van der Waals surface area (Å²) in [6, 6.07) is 4.19. The average Bonchev–Trinajstić information content (AvgIpc) is 2.31. The lowest BCUT2D eigenvalue weighted by Gasteiger charge is -2.06. The lowest BCUT2D eigenvalue weighted by molar-refractivity contribution is -0.384. The SMILES string of the molecule is CCOC(=O)CC(=O)Nc1ccc(Br)cc1[N+](=O)[O-]. The van der Waals surface area contributed by atoms with Crippen molar-refractivity contribution >= 4 is 39.2 Å². The van der Waals surface area contributed by atoms with Crippen LogP contribution < -0.4 is 5.32 Å². The number of carbonyl (C=O) groups excluding carboxylic acids is 2. The van der Waals surface area contributed by atoms with E-state index in [9.17, 15) is 19.7 Å². The standard InChI is InChI=1S/C11H11BrN2O5/c1-2-19-11(16)6-10(15)13-8-4-3-7(12)5-9(8)14(17)18/h3-5H,2,6H2,1H3,(H,13,15). The molecule has 0 saturated heterocycles. The zero-order chi connectivity index (χ0) is 14.4. The molecule has 0 aliphatic heterocycles. The second kappa shape index (κ2) is 6.83. The summed E-state index contributed by atoms with van der Waals surface area (Å²) >= 11 is 3.10. The van der Waals surface area contributed by atoms with E-state index in [1.165, 1.54) is 12.1 Å². The second-order valence-corrected chi connectivity index (χ2v) is 4.36. The van der Waals surface area contributed by atoms with Gasteiger partial charge < -0.3 is 10.1 Å². The summed E-state index contributed by atoms with van der Waals surface area (Å²) in [5, 5.41) is 13.1. The molecule has 0 bridgehead atoms. The van der Waals surface area contributed by atoms with E-state index in [1.807, 2.05) is 0 Å². The van der Waals surface area contributed by atoms with Gasteiger partial charge in [-0.1, -0.05) is 15.9 Å². The predicted molar refractivity (Wildman–Crippen MR) is 70.7 cm³/mol. The Morgan fingerprint density at radius 1 is 1.47 bits per heavy atom. The second-order valence-electron chi connectivity index (χ2n) is 3.45. The van der Waals surface area contributed by atoms with Gasteiger partial charge in [-0.25, -0.2) is 0 Å². The first-order valence-corrected chi connectivity index (χ1v) is 6.12. The molecule has 19 heavy (non-hydrogen) atoms. The maximum Gasteiger partial charge on any atom is 0.315 e. The summed E-state index contributed by atoms with van der Waals surface area (Å²) in [5.74, 6) is -1.34. The highest BCUT2D eigenvalue weighted by atomic mass is 79.9. The predicted octanol–water partition coefficient (Wildman–Crippen LogP) is 2.25. The van der Waals surface area contributed by atoms with Gasteiger partial charge in [-0.2, -0.15) is 0 Å². The van der Waals surface area contributed by atoms with Gasteiger partial charge in [0.05, 0.1) is 11.5 Å². The smallest absolute Gasteiger partial charge is 0.315 e. The molecule has 7 nitrogen and oxygen atoms in total. The monoisotopic (exact) mass is 330 g/mol. The van der Waals surface area contributed by atoms with Gasteiger partial charge in [0.1, 0.15) is 12.1 Å². The quantitative estimate of drug-likeness (QED) is 0.386. The topological polar surface area (TPSA) is 98.5 Å². The molecule has 1 aromatic rings. The molecule has 0 aliphatic carbocycles. The van der Waals surface area contributed by atoms with Crippen molar-refractivity contribution in [3.05, 3.63) is 32.8 Å². The molecule has 0 saturated carbocycles. The third-order valence-corrected chi connectivity index (χ3v) is 2.53. The maximum atomic E-state index is 11.5. The number of nitrogens with one attached hydrogen (secondary N) is 1. The Labute approximate surface area is 117 Å². The highest BCUT2D eigenvalue weighted by Crippen LogP contribution is 2.27. The molecule has 0 atom stereocenters. The van der Waals surface area contributed by atoms with Crippen LogP contribution in [0.5, 0.6) is 0 Å². The molecule has 1 amide bonds. The fraction of sp³-hybridized carbons (Fsp3) is 0.273. The number of nitro benzene ring substituents is 1. The number of ether oxygens (including phenoxy) is 1. The van der Waals surface area contributed by atoms with E-state index in [0.29, 0.717) is 4.47 Å². The zero-order valence-electron chi connectivity index (χ0n) is 10.0. The van der Waals surface area contributed by atoms with E-state index in [1.54, 1.807) is 13.0 Å².